The average molecular weight is 354 g/mol. The average Bonchev–Trinajstić information content (AvgIpc) is 3.45. The normalized spacial score (nSPS) is 19.5. The van der Waals surface area contributed by atoms with Crippen molar-refractivity contribution in [1.82, 2.24) is 19.2 Å². The Hall–Kier alpha value is -2.37. The molecule has 0 N–H and O–H groups in total. The number of carbonyl (C=O) groups excluding carboxylic acids is 1. The third-order valence-electron chi connectivity index (χ3n) is 5.60. The number of amides is 1. The Kier molecular flexibility index (Phi) is 4.42. The molecule has 6 nitrogen and oxygen atoms in total. The molecule has 138 valence electrons. The van der Waals surface area contributed by atoms with Crippen molar-refractivity contribution in [1.29, 1.82) is 0 Å². The minimum absolute atomic E-state index is 0.000872. The summed E-state index contributed by atoms with van der Waals surface area (Å²) < 4.78 is 3.07. The summed E-state index contributed by atoms with van der Waals surface area (Å²) in [7, 11) is 0. The minimum Gasteiger partial charge on any atom is -0.341 e. The van der Waals surface area contributed by atoms with Crippen LogP contribution in [0.25, 0.3) is 5.69 Å². The number of likely N-dealkylation sites (tertiary alicyclic amines) is 1. The van der Waals surface area contributed by atoms with E-state index < -0.39 is 6.04 Å². The first kappa shape index (κ1) is 17.1. The van der Waals surface area contributed by atoms with Crippen LogP contribution in [-0.4, -0.2) is 38.2 Å². The largest absolute Gasteiger partial charge is 0.351 e. The lowest BCUT2D eigenvalue weighted by Crippen LogP contribution is -2.43. The number of piperidine rings is 1. The second-order valence-electron chi connectivity index (χ2n) is 7.71. The molecular weight excluding hydrogens is 328 g/mol. The predicted molar refractivity (Wildman–Crippen MR) is 99.5 cm³/mol. The predicted octanol–water partition coefficient (Wildman–Crippen LogP) is 2.73. The molecule has 6 heteroatoms. The van der Waals surface area contributed by atoms with Crippen molar-refractivity contribution in [3.05, 3.63) is 46.6 Å². The van der Waals surface area contributed by atoms with Crippen LogP contribution >= 0.6 is 0 Å². The lowest BCUT2D eigenvalue weighted by Gasteiger charge is -2.31. The molecule has 1 aromatic heterocycles. The SMILES string of the molecule is CC1CCN(C(=O)C(C)n2nc(C3CC3)n(-c3ccccc3)c2=O)CC1. The summed E-state index contributed by atoms with van der Waals surface area (Å²) in [5.74, 6) is 1.77. The van der Waals surface area contributed by atoms with Gasteiger partial charge in [-0.15, -0.1) is 0 Å². The van der Waals surface area contributed by atoms with E-state index in [9.17, 15) is 9.59 Å². The zero-order valence-corrected chi connectivity index (χ0v) is 15.5. The van der Waals surface area contributed by atoms with Crippen LogP contribution in [0.15, 0.2) is 35.1 Å². The van der Waals surface area contributed by atoms with Gasteiger partial charge in [-0.25, -0.2) is 14.0 Å². The van der Waals surface area contributed by atoms with E-state index in [-0.39, 0.29) is 11.6 Å². The topological polar surface area (TPSA) is 60.1 Å². The molecule has 2 aromatic rings. The Bertz CT molecular complexity index is 842. The molecular formula is C20H26N4O2. The number of hydrogen-bond acceptors (Lipinski definition) is 3. The minimum atomic E-state index is -0.571. The Morgan fingerprint density at radius 3 is 2.38 bits per heavy atom. The number of nitrogens with zero attached hydrogens (tertiary/aromatic N) is 4. The molecule has 0 radical (unpaired) electrons. The summed E-state index contributed by atoms with van der Waals surface area (Å²) in [4.78, 5) is 27.9. The number of carbonyl (C=O) groups is 1. The third-order valence-corrected chi connectivity index (χ3v) is 5.60. The molecule has 2 heterocycles. The van der Waals surface area contributed by atoms with Gasteiger partial charge in [-0.2, -0.15) is 5.10 Å². The molecule has 4 rings (SSSR count). The van der Waals surface area contributed by atoms with Crippen LogP contribution in [0.3, 0.4) is 0 Å². The van der Waals surface area contributed by atoms with Gasteiger partial charge in [0.05, 0.1) is 5.69 Å². The second kappa shape index (κ2) is 6.74. The highest BCUT2D eigenvalue weighted by Crippen LogP contribution is 2.39. The number of hydrogen-bond donors (Lipinski definition) is 0. The van der Waals surface area contributed by atoms with E-state index in [0.717, 1.165) is 50.3 Å². The number of aromatic nitrogens is 3. The number of rotatable bonds is 4. The van der Waals surface area contributed by atoms with Crippen LogP contribution in [0.2, 0.25) is 0 Å². The van der Waals surface area contributed by atoms with Gasteiger partial charge in [0.1, 0.15) is 11.9 Å². The monoisotopic (exact) mass is 354 g/mol. The fourth-order valence-electron chi connectivity index (χ4n) is 3.67. The quantitative estimate of drug-likeness (QED) is 0.848. The van der Waals surface area contributed by atoms with Gasteiger partial charge in [0, 0.05) is 19.0 Å². The lowest BCUT2D eigenvalue weighted by molar-refractivity contribution is -0.136. The molecule has 1 amide bonds. The molecule has 1 atom stereocenters. The Balaban J connectivity index is 1.66. The molecule has 2 fully saturated rings. The van der Waals surface area contributed by atoms with Gasteiger partial charge < -0.3 is 4.90 Å². The highest BCUT2D eigenvalue weighted by molar-refractivity contribution is 5.80. The molecule has 1 aliphatic heterocycles. The molecule has 1 unspecified atom stereocenters. The standard InChI is InChI=1S/C20H26N4O2/c1-14-10-12-22(13-11-14)19(25)15(2)24-20(26)23(17-6-4-3-5-7-17)18(21-24)16-8-9-16/h3-7,14-16H,8-13H2,1-2H3. The number of para-hydroxylation sites is 1. The van der Waals surface area contributed by atoms with E-state index in [1.54, 1.807) is 11.5 Å². The van der Waals surface area contributed by atoms with E-state index in [0.29, 0.717) is 11.8 Å². The summed E-state index contributed by atoms with van der Waals surface area (Å²) in [6.45, 7) is 5.56. The summed E-state index contributed by atoms with van der Waals surface area (Å²) >= 11 is 0. The van der Waals surface area contributed by atoms with Crippen molar-refractivity contribution in [3.8, 4) is 5.69 Å². The molecule has 0 spiro atoms. The zero-order chi connectivity index (χ0) is 18.3. The second-order valence-corrected chi connectivity index (χ2v) is 7.71. The van der Waals surface area contributed by atoms with Gasteiger partial charge in [0.15, 0.2) is 0 Å². The van der Waals surface area contributed by atoms with Gasteiger partial charge in [-0.3, -0.25) is 4.79 Å². The van der Waals surface area contributed by atoms with Crippen LogP contribution in [0.5, 0.6) is 0 Å². The third kappa shape index (κ3) is 3.08. The van der Waals surface area contributed by atoms with Gasteiger partial charge in [-0.05, 0) is 50.7 Å². The van der Waals surface area contributed by atoms with Crippen molar-refractivity contribution in [2.45, 2.75) is 51.5 Å². The van der Waals surface area contributed by atoms with Crippen LogP contribution in [0, 0.1) is 5.92 Å². The highest BCUT2D eigenvalue weighted by atomic mass is 16.2. The van der Waals surface area contributed by atoms with Gasteiger partial charge in [-0.1, -0.05) is 25.1 Å². The molecule has 1 aromatic carbocycles. The Labute approximate surface area is 153 Å². The molecule has 1 saturated heterocycles. The van der Waals surface area contributed by atoms with Crippen LogP contribution < -0.4 is 5.69 Å². The van der Waals surface area contributed by atoms with Gasteiger partial charge >= 0.3 is 5.69 Å². The van der Waals surface area contributed by atoms with Crippen molar-refractivity contribution in [2.24, 2.45) is 5.92 Å². The molecule has 2 aliphatic rings. The Morgan fingerprint density at radius 2 is 1.77 bits per heavy atom. The van der Waals surface area contributed by atoms with E-state index in [1.807, 2.05) is 35.2 Å². The molecule has 26 heavy (non-hydrogen) atoms. The van der Waals surface area contributed by atoms with Crippen LogP contribution in [0.1, 0.15) is 57.3 Å². The van der Waals surface area contributed by atoms with Crippen molar-refractivity contribution >= 4 is 5.91 Å². The van der Waals surface area contributed by atoms with E-state index in [1.165, 1.54) is 4.68 Å². The van der Waals surface area contributed by atoms with Crippen molar-refractivity contribution < 1.29 is 4.79 Å². The van der Waals surface area contributed by atoms with Crippen molar-refractivity contribution in [3.63, 3.8) is 0 Å². The summed E-state index contributed by atoms with van der Waals surface area (Å²) in [5.41, 5.74) is 0.599. The van der Waals surface area contributed by atoms with E-state index in [4.69, 9.17) is 0 Å². The maximum atomic E-state index is 13.1. The fourth-order valence-corrected chi connectivity index (χ4v) is 3.67. The maximum absolute atomic E-state index is 13.1. The zero-order valence-electron chi connectivity index (χ0n) is 15.5. The molecule has 1 aliphatic carbocycles. The summed E-state index contributed by atoms with van der Waals surface area (Å²) in [6, 6.07) is 9.02. The van der Waals surface area contributed by atoms with E-state index >= 15 is 0 Å². The van der Waals surface area contributed by atoms with Crippen LogP contribution in [0.4, 0.5) is 0 Å². The lowest BCUT2D eigenvalue weighted by atomic mass is 9.99. The number of benzene rings is 1. The van der Waals surface area contributed by atoms with Gasteiger partial charge in [0.25, 0.3) is 0 Å². The first-order valence-corrected chi connectivity index (χ1v) is 9.62. The molecule has 0 bridgehead atoms. The first-order chi connectivity index (χ1) is 12.6. The fraction of sp³-hybridized carbons (Fsp3) is 0.550. The van der Waals surface area contributed by atoms with Gasteiger partial charge in [0.2, 0.25) is 5.91 Å². The van der Waals surface area contributed by atoms with E-state index in [2.05, 4.69) is 12.0 Å². The van der Waals surface area contributed by atoms with Crippen LogP contribution in [-0.2, 0) is 4.79 Å². The Morgan fingerprint density at radius 1 is 1.12 bits per heavy atom. The summed E-state index contributed by atoms with van der Waals surface area (Å²) in [6.07, 6.45) is 4.16. The summed E-state index contributed by atoms with van der Waals surface area (Å²) in [5, 5.41) is 4.60. The molecule has 1 saturated carbocycles. The smallest absolute Gasteiger partial charge is 0.341 e. The van der Waals surface area contributed by atoms with Crippen molar-refractivity contribution in [2.75, 3.05) is 13.1 Å². The maximum Gasteiger partial charge on any atom is 0.351 e. The highest BCUT2D eigenvalue weighted by Gasteiger charge is 2.34. The first-order valence-electron chi connectivity index (χ1n) is 9.62.